The highest BCUT2D eigenvalue weighted by Gasteiger charge is 2.48. The second-order valence-electron chi connectivity index (χ2n) is 12.0. The zero-order valence-electron chi connectivity index (χ0n) is 21.6. The van der Waals surface area contributed by atoms with E-state index in [0.717, 1.165) is 68.6 Å². The number of ether oxygens (including phenoxy) is 1. The van der Waals surface area contributed by atoms with Crippen LogP contribution in [0.4, 0.5) is 0 Å². The molecule has 6 rings (SSSR count). The average Bonchev–Trinajstić information content (AvgIpc) is 3.69. The van der Waals surface area contributed by atoms with Crippen molar-refractivity contribution >= 4 is 11.6 Å². The van der Waals surface area contributed by atoms with Gasteiger partial charge in [-0.1, -0.05) is 67.2 Å². The van der Waals surface area contributed by atoms with E-state index in [9.17, 15) is 14.7 Å². The summed E-state index contributed by atoms with van der Waals surface area (Å²) in [6.45, 7) is 2.91. The van der Waals surface area contributed by atoms with Gasteiger partial charge >= 0.3 is 0 Å². The number of hydrogen-bond donors (Lipinski definition) is 1. The summed E-state index contributed by atoms with van der Waals surface area (Å²) in [5.74, 6) is 1.26. The number of fused-ring (bicyclic) bond motifs is 2. The molecule has 0 aromatic heterocycles. The van der Waals surface area contributed by atoms with Crippen molar-refractivity contribution in [2.75, 3.05) is 6.61 Å². The van der Waals surface area contributed by atoms with Crippen LogP contribution in [-0.2, 0) is 16.0 Å². The Labute approximate surface area is 215 Å². The molecule has 0 bridgehead atoms. The van der Waals surface area contributed by atoms with E-state index in [4.69, 9.17) is 4.74 Å². The van der Waals surface area contributed by atoms with E-state index in [1.807, 2.05) is 6.07 Å². The summed E-state index contributed by atoms with van der Waals surface area (Å²) in [6, 6.07) is 6.04. The predicted molar refractivity (Wildman–Crippen MR) is 140 cm³/mol. The first-order valence-corrected chi connectivity index (χ1v) is 14.4. The number of aliphatic hydroxyl groups excluding tert-OH is 1. The van der Waals surface area contributed by atoms with Crippen LogP contribution in [0.1, 0.15) is 98.7 Å². The van der Waals surface area contributed by atoms with Gasteiger partial charge in [0.05, 0.1) is 18.1 Å². The third kappa shape index (κ3) is 4.35. The standard InChI is InChI=1S/C32H40O4/c1-2-23-26-16-21(17-28(26)32(35)29(23)18-22-8-5-13-36-22)14-20-10-11-24-27(15-20)31(34)25(30(24)33)12-9-19-6-3-4-7-19/h2,10-11,15,17,19,22,25-26,28-29,31,34H,3-9,12-14,16,18H2,1H3/b23-2+. The molecule has 0 amide bonds. The number of hydrogen-bond acceptors (Lipinski definition) is 4. The van der Waals surface area contributed by atoms with Crippen LogP contribution in [0.25, 0.3) is 0 Å². The van der Waals surface area contributed by atoms with E-state index >= 15 is 0 Å². The van der Waals surface area contributed by atoms with Gasteiger partial charge in [-0.3, -0.25) is 9.59 Å². The Hall–Kier alpha value is -2.04. The minimum atomic E-state index is -0.680. The fourth-order valence-electron chi connectivity index (χ4n) is 8.02. The second kappa shape index (κ2) is 10.0. The lowest BCUT2D eigenvalue weighted by Gasteiger charge is -2.18. The van der Waals surface area contributed by atoms with Gasteiger partial charge in [-0.15, -0.1) is 0 Å². The van der Waals surface area contributed by atoms with Gasteiger partial charge in [-0.2, -0.15) is 0 Å². The summed E-state index contributed by atoms with van der Waals surface area (Å²) in [5.41, 5.74) is 5.28. The molecule has 5 aliphatic rings. The van der Waals surface area contributed by atoms with Gasteiger partial charge in [-0.05, 0) is 74.8 Å². The minimum absolute atomic E-state index is 0.000772. The topological polar surface area (TPSA) is 63.6 Å². The van der Waals surface area contributed by atoms with Gasteiger partial charge in [-0.25, -0.2) is 0 Å². The first-order chi connectivity index (χ1) is 17.5. The van der Waals surface area contributed by atoms with Crippen molar-refractivity contribution in [1.29, 1.82) is 0 Å². The van der Waals surface area contributed by atoms with Crippen molar-refractivity contribution in [3.63, 3.8) is 0 Å². The summed E-state index contributed by atoms with van der Waals surface area (Å²) in [5, 5.41) is 11.1. The lowest BCUT2D eigenvalue weighted by Crippen LogP contribution is -2.19. The third-order valence-electron chi connectivity index (χ3n) is 9.90. The van der Waals surface area contributed by atoms with E-state index in [0.29, 0.717) is 17.3 Å². The summed E-state index contributed by atoms with van der Waals surface area (Å²) >= 11 is 0. The van der Waals surface area contributed by atoms with Crippen molar-refractivity contribution < 1.29 is 19.4 Å². The Kier molecular flexibility index (Phi) is 6.77. The lowest BCUT2D eigenvalue weighted by atomic mass is 9.88. The number of rotatable bonds is 7. The molecule has 1 aliphatic heterocycles. The van der Waals surface area contributed by atoms with Crippen LogP contribution in [0.5, 0.6) is 0 Å². The fraction of sp³-hybridized carbons (Fsp3) is 0.625. The second-order valence-corrected chi connectivity index (χ2v) is 12.0. The van der Waals surface area contributed by atoms with E-state index < -0.39 is 6.10 Å². The van der Waals surface area contributed by atoms with Crippen LogP contribution < -0.4 is 0 Å². The van der Waals surface area contributed by atoms with E-state index in [2.05, 4.69) is 31.2 Å². The average molecular weight is 489 g/mol. The van der Waals surface area contributed by atoms with Crippen LogP contribution in [0, 0.1) is 29.6 Å². The number of allylic oxidation sites excluding steroid dienone is 4. The smallest absolute Gasteiger partial charge is 0.169 e. The van der Waals surface area contributed by atoms with E-state index in [1.54, 1.807) is 0 Å². The molecule has 1 saturated heterocycles. The van der Waals surface area contributed by atoms with Crippen molar-refractivity contribution in [3.05, 3.63) is 58.2 Å². The Bertz CT molecular complexity index is 1090. The Balaban J connectivity index is 1.13. The molecule has 192 valence electrons. The summed E-state index contributed by atoms with van der Waals surface area (Å²) < 4.78 is 5.84. The molecule has 36 heavy (non-hydrogen) atoms. The monoisotopic (exact) mass is 488 g/mol. The third-order valence-corrected chi connectivity index (χ3v) is 9.90. The lowest BCUT2D eigenvalue weighted by molar-refractivity contribution is -0.123. The molecule has 6 atom stereocenters. The molecule has 1 aromatic carbocycles. The minimum Gasteiger partial charge on any atom is -0.388 e. The molecule has 1 N–H and O–H groups in total. The van der Waals surface area contributed by atoms with Crippen molar-refractivity contribution in [2.45, 2.75) is 89.8 Å². The Morgan fingerprint density at radius 3 is 2.67 bits per heavy atom. The fourth-order valence-corrected chi connectivity index (χ4v) is 8.02. The van der Waals surface area contributed by atoms with Gasteiger partial charge in [0.25, 0.3) is 0 Å². The highest BCUT2D eigenvalue weighted by Crippen LogP contribution is 2.50. The summed E-state index contributed by atoms with van der Waals surface area (Å²) in [6.07, 6.45) is 15.7. The van der Waals surface area contributed by atoms with Crippen LogP contribution in [0.15, 0.2) is 41.5 Å². The number of aliphatic hydroxyl groups is 1. The molecule has 4 nitrogen and oxygen atoms in total. The SMILES string of the molecule is C/C=C1/C(CC2CCCO2)C(=O)C2C=C(Cc3ccc4c(c3)C(O)C(CCC3CCCC3)C4=O)CC12. The molecule has 4 aliphatic carbocycles. The van der Waals surface area contributed by atoms with Crippen molar-refractivity contribution in [3.8, 4) is 0 Å². The molecule has 3 fully saturated rings. The van der Waals surface area contributed by atoms with Crippen molar-refractivity contribution in [2.24, 2.45) is 29.6 Å². The van der Waals surface area contributed by atoms with Crippen LogP contribution in [0.3, 0.4) is 0 Å². The van der Waals surface area contributed by atoms with Crippen LogP contribution in [0.2, 0.25) is 0 Å². The number of Topliss-reactive ketones (excluding diaryl/α,β-unsaturated/α-hetero) is 2. The number of carbonyl (C=O) groups excluding carboxylic acids is 2. The largest absolute Gasteiger partial charge is 0.388 e. The van der Waals surface area contributed by atoms with Gasteiger partial charge in [0, 0.05) is 24.0 Å². The van der Waals surface area contributed by atoms with Crippen LogP contribution >= 0.6 is 0 Å². The molecule has 1 aromatic rings. The first-order valence-electron chi connectivity index (χ1n) is 14.4. The highest BCUT2D eigenvalue weighted by molar-refractivity contribution is 6.03. The summed E-state index contributed by atoms with van der Waals surface area (Å²) in [7, 11) is 0. The summed E-state index contributed by atoms with van der Waals surface area (Å²) in [4.78, 5) is 26.4. The molecular weight excluding hydrogens is 448 g/mol. The molecule has 6 unspecified atom stereocenters. The maximum atomic E-state index is 13.4. The van der Waals surface area contributed by atoms with E-state index in [1.165, 1.54) is 36.8 Å². The number of benzene rings is 1. The highest BCUT2D eigenvalue weighted by atomic mass is 16.5. The Morgan fingerprint density at radius 2 is 1.92 bits per heavy atom. The van der Waals surface area contributed by atoms with Gasteiger partial charge < -0.3 is 9.84 Å². The Morgan fingerprint density at radius 1 is 1.08 bits per heavy atom. The maximum Gasteiger partial charge on any atom is 0.169 e. The normalized spacial score (nSPS) is 35.2. The molecule has 0 spiro atoms. The van der Waals surface area contributed by atoms with Gasteiger partial charge in [0.2, 0.25) is 0 Å². The molecule has 2 saturated carbocycles. The molecule has 0 radical (unpaired) electrons. The quantitative estimate of drug-likeness (QED) is 0.456. The molecule has 1 heterocycles. The van der Waals surface area contributed by atoms with Gasteiger partial charge in [0.1, 0.15) is 5.78 Å². The van der Waals surface area contributed by atoms with Crippen molar-refractivity contribution in [1.82, 2.24) is 0 Å². The van der Waals surface area contributed by atoms with Gasteiger partial charge in [0.15, 0.2) is 5.78 Å². The van der Waals surface area contributed by atoms with E-state index in [-0.39, 0.29) is 29.6 Å². The first kappa shape index (κ1) is 24.3. The zero-order chi connectivity index (χ0) is 24.8. The maximum absolute atomic E-state index is 13.4. The molecular formula is C32H40O4. The zero-order valence-corrected chi connectivity index (χ0v) is 21.6. The number of carbonyl (C=O) groups is 2. The number of ketones is 2. The molecule has 4 heteroatoms. The predicted octanol–water partition coefficient (Wildman–Crippen LogP) is 6.32. The van der Waals surface area contributed by atoms with Crippen LogP contribution in [-0.4, -0.2) is 29.4 Å².